The van der Waals surface area contributed by atoms with Crippen molar-refractivity contribution in [1.82, 2.24) is 10.3 Å². The van der Waals surface area contributed by atoms with Crippen LogP contribution in [0.5, 0.6) is 0 Å². The molecule has 4 nitrogen and oxygen atoms in total. The molecule has 0 unspecified atom stereocenters. The minimum absolute atomic E-state index is 0.268. The summed E-state index contributed by atoms with van der Waals surface area (Å²) in [5, 5.41) is 3.25. The van der Waals surface area contributed by atoms with Crippen molar-refractivity contribution in [3.8, 4) is 0 Å². The van der Waals surface area contributed by atoms with Gasteiger partial charge in [-0.15, -0.1) is 0 Å². The van der Waals surface area contributed by atoms with E-state index in [0.29, 0.717) is 12.5 Å². The summed E-state index contributed by atoms with van der Waals surface area (Å²) in [6.07, 6.45) is 3.52. The fraction of sp³-hybridized carbons (Fsp3) is 0.667. The van der Waals surface area contributed by atoms with Gasteiger partial charge in [-0.3, -0.25) is 0 Å². The van der Waals surface area contributed by atoms with Crippen molar-refractivity contribution < 1.29 is 9.13 Å². The molecule has 0 saturated carbocycles. The van der Waals surface area contributed by atoms with Crippen LogP contribution in [0.3, 0.4) is 0 Å². The highest BCUT2D eigenvalue weighted by molar-refractivity contribution is 5.47. The van der Waals surface area contributed by atoms with Crippen LogP contribution in [0.25, 0.3) is 0 Å². The zero-order chi connectivity index (χ0) is 14.4. The van der Waals surface area contributed by atoms with Crippen LogP contribution in [-0.2, 0) is 11.3 Å². The number of nitrogens with one attached hydrogen (secondary N) is 1. The molecule has 5 heteroatoms. The van der Waals surface area contributed by atoms with Gasteiger partial charge in [0.15, 0.2) is 0 Å². The first-order valence-electron chi connectivity index (χ1n) is 7.33. The average Bonchev–Trinajstić information content (AvgIpc) is 2.47. The molecular weight excluding hydrogens is 257 g/mol. The zero-order valence-corrected chi connectivity index (χ0v) is 12.4. The van der Waals surface area contributed by atoms with E-state index >= 15 is 0 Å². The Labute approximate surface area is 120 Å². The van der Waals surface area contributed by atoms with Gasteiger partial charge in [0, 0.05) is 38.9 Å². The summed E-state index contributed by atoms with van der Waals surface area (Å²) in [4.78, 5) is 6.57. The molecule has 0 spiro atoms. The molecule has 112 valence electrons. The number of aromatic nitrogens is 1. The van der Waals surface area contributed by atoms with Gasteiger partial charge >= 0.3 is 0 Å². The molecule has 1 saturated heterocycles. The highest BCUT2D eigenvalue weighted by Crippen LogP contribution is 2.25. The normalized spacial score (nSPS) is 16.6. The predicted octanol–water partition coefficient (Wildman–Crippen LogP) is 2.19. The Hall–Kier alpha value is -1.20. The van der Waals surface area contributed by atoms with Gasteiger partial charge in [-0.2, -0.15) is 0 Å². The second-order valence-corrected chi connectivity index (χ2v) is 5.30. The van der Waals surface area contributed by atoms with Crippen LogP contribution in [0.4, 0.5) is 10.2 Å². The van der Waals surface area contributed by atoms with Gasteiger partial charge in [0.1, 0.15) is 11.6 Å². The summed E-state index contributed by atoms with van der Waals surface area (Å²) in [7, 11) is 1.75. The smallest absolute Gasteiger partial charge is 0.141 e. The van der Waals surface area contributed by atoms with Gasteiger partial charge in [0.25, 0.3) is 0 Å². The lowest BCUT2D eigenvalue weighted by atomic mass is 9.97. The van der Waals surface area contributed by atoms with Crippen molar-refractivity contribution in [3.05, 3.63) is 23.6 Å². The molecule has 0 radical (unpaired) electrons. The lowest BCUT2D eigenvalue weighted by Gasteiger charge is -2.33. The molecule has 1 aromatic rings. The molecule has 1 aliphatic rings. The van der Waals surface area contributed by atoms with Crippen molar-refractivity contribution in [3.63, 3.8) is 0 Å². The maximum atomic E-state index is 13.4. The van der Waals surface area contributed by atoms with Crippen molar-refractivity contribution in [2.75, 3.05) is 38.3 Å². The third-order valence-electron chi connectivity index (χ3n) is 3.79. The average molecular weight is 281 g/mol. The standard InChI is InChI=1S/C15H24FN3O/c1-3-17-9-13-8-14(16)10-18-15(13)19-6-4-12(5-7-19)11-20-2/h8,10,12,17H,3-7,9,11H2,1-2H3. The molecule has 1 aromatic heterocycles. The molecule has 0 bridgehead atoms. The maximum Gasteiger partial charge on any atom is 0.141 e. The molecule has 1 fully saturated rings. The van der Waals surface area contributed by atoms with E-state index in [0.717, 1.165) is 50.5 Å². The van der Waals surface area contributed by atoms with Gasteiger partial charge in [-0.25, -0.2) is 9.37 Å². The van der Waals surface area contributed by atoms with Crippen LogP contribution in [0.2, 0.25) is 0 Å². The highest BCUT2D eigenvalue weighted by Gasteiger charge is 2.22. The van der Waals surface area contributed by atoms with E-state index in [2.05, 4.69) is 15.2 Å². The molecule has 0 aliphatic carbocycles. The fourth-order valence-electron chi connectivity index (χ4n) is 2.70. The molecule has 0 atom stereocenters. The summed E-state index contributed by atoms with van der Waals surface area (Å²) in [6, 6.07) is 1.59. The van der Waals surface area contributed by atoms with Crippen LogP contribution in [0, 0.1) is 11.7 Å². The van der Waals surface area contributed by atoms with Crippen molar-refractivity contribution >= 4 is 5.82 Å². The quantitative estimate of drug-likeness (QED) is 0.867. The highest BCUT2D eigenvalue weighted by atomic mass is 19.1. The first-order valence-corrected chi connectivity index (χ1v) is 7.33. The SMILES string of the molecule is CCNCc1cc(F)cnc1N1CCC(COC)CC1. The molecular formula is C15H24FN3O. The monoisotopic (exact) mass is 281 g/mol. The van der Waals surface area contributed by atoms with E-state index in [9.17, 15) is 4.39 Å². The topological polar surface area (TPSA) is 37.4 Å². The van der Waals surface area contributed by atoms with Crippen molar-refractivity contribution in [1.29, 1.82) is 0 Å². The number of nitrogens with zero attached hydrogens (tertiary/aromatic N) is 2. The number of halogens is 1. The molecule has 0 aromatic carbocycles. The van der Waals surface area contributed by atoms with E-state index < -0.39 is 0 Å². The Balaban J connectivity index is 2.04. The first-order chi connectivity index (χ1) is 9.74. The largest absolute Gasteiger partial charge is 0.384 e. The lowest BCUT2D eigenvalue weighted by molar-refractivity contribution is 0.139. The van der Waals surface area contributed by atoms with Crippen LogP contribution in [-0.4, -0.2) is 38.3 Å². The fourth-order valence-corrected chi connectivity index (χ4v) is 2.70. The number of pyridine rings is 1. The number of rotatable bonds is 6. The van der Waals surface area contributed by atoms with Gasteiger partial charge < -0.3 is 15.0 Å². The van der Waals surface area contributed by atoms with E-state index in [1.54, 1.807) is 13.2 Å². The third-order valence-corrected chi connectivity index (χ3v) is 3.79. The van der Waals surface area contributed by atoms with Crippen LogP contribution in [0.15, 0.2) is 12.3 Å². The Kier molecular flexibility index (Phi) is 5.73. The van der Waals surface area contributed by atoms with Gasteiger partial charge in [0.05, 0.1) is 6.20 Å². The molecule has 20 heavy (non-hydrogen) atoms. The Morgan fingerprint density at radius 1 is 1.45 bits per heavy atom. The summed E-state index contributed by atoms with van der Waals surface area (Å²) in [5.74, 6) is 1.29. The minimum Gasteiger partial charge on any atom is -0.384 e. The molecule has 0 amide bonds. The second kappa shape index (κ2) is 7.55. The van der Waals surface area contributed by atoms with Gasteiger partial charge in [-0.1, -0.05) is 6.92 Å². The van der Waals surface area contributed by atoms with E-state index in [1.165, 1.54) is 6.20 Å². The van der Waals surface area contributed by atoms with Crippen LogP contribution < -0.4 is 10.2 Å². The Morgan fingerprint density at radius 2 is 2.20 bits per heavy atom. The summed E-state index contributed by atoms with van der Waals surface area (Å²) >= 11 is 0. The Morgan fingerprint density at radius 3 is 2.85 bits per heavy atom. The predicted molar refractivity (Wildman–Crippen MR) is 78.4 cm³/mol. The van der Waals surface area contributed by atoms with Crippen molar-refractivity contribution in [2.45, 2.75) is 26.3 Å². The minimum atomic E-state index is -0.268. The summed E-state index contributed by atoms with van der Waals surface area (Å²) in [6.45, 7) is 6.33. The number of ether oxygens (including phenoxy) is 1. The number of hydrogen-bond acceptors (Lipinski definition) is 4. The third kappa shape index (κ3) is 3.90. The van der Waals surface area contributed by atoms with Gasteiger partial charge in [-0.05, 0) is 31.4 Å². The summed E-state index contributed by atoms with van der Waals surface area (Å²) < 4.78 is 18.6. The van der Waals surface area contributed by atoms with E-state index in [4.69, 9.17) is 4.74 Å². The number of hydrogen-bond donors (Lipinski definition) is 1. The first kappa shape index (κ1) is 15.2. The molecule has 2 heterocycles. The van der Waals surface area contributed by atoms with E-state index in [-0.39, 0.29) is 5.82 Å². The summed E-state index contributed by atoms with van der Waals surface area (Å²) in [5.41, 5.74) is 0.942. The molecule has 1 aliphatic heterocycles. The van der Waals surface area contributed by atoms with Crippen LogP contribution in [0.1, 0.15) is 25.3 Å². The Bertz CT molecular complexity index is 420. The van der Waals surface area contributed by atoms with Gasteiger partial charge in [0.2, 0.25) is 0 Å². The van der Waals surface area contributed by atoms with Crippen LogP contribution >= 0.6 is 0 Å². The zero-order valence-electron chi connectivity index (χ0n) is 12.4. The number of anilines is 1. The van der Waals surface area contributed by atoms with E-state index in [1.807, 2.05) is 6.92 Å². The second-order valence-electron chi connectivity index (χ2n) is 5.30. The lowest BCUT2D eigenvalue weighted by Crippen LogP contribution is -2.36. The maximum absolute atomic E-state index is 13.4. The number of piperidine rings is 1. The molecule has 2 rings (SSSR count). The van der Waals surface area contributed by atoms with Crippen molar-refractivity contribution in [2.24, 2.45) is 5.92 Å². The molecule has 1 N–H and O–H groups in total. The number of methoxy groups -OCH3 is 1.